The highest BCUT2D eigenvalue weighted by Gasteiger charge is 2.08. The van der Waals surface area contributed by atoms with Crippen LogP contribution in [0, 0.1) is 0 Å². The Morgan fingerprint density at radius 3 is 2.71 bits per heavy atom. The number of methoxy groups -OCH3 is 1. The number of fused-ring (bicyclic) bond motifs is 1. The molecule has 4 nitrogen and oxygen atoms in total. The van der Waals surface area contributed by atoms with Crippen LogP contribution < -0.4 is 4.74 Å². The van der Waals surface area contributed by atoms with E-state index in [1.807, 2.05) is 48.7 Å². The molecule has 0 N–H and O–H groups in total. The quantitative estimate of drug-likeness (QED) is 0.620. The molecular formula is C20H21N3O. The third-order valence-corrected chi connectivity index (χ3v) is 3.81. The zero-order chi connectivity index (χ0) is 16.8. The molecule has 0 aliphatic carbocycles. The van der Waals surface area contributed by atoms with Crippen molar-refractivity contribution >= 4 is 11.0 Å². The smallest absolute Gasteiger partial charge is 0.119 e. The van der Waals surface area contributed by atoms with Crippen LogP contribution in [0.5, 0.6) is 5.75 Å². The van der Waals surface area contributed by atoms with E-state index >= 15 is 0 Å². The minimum absolute atomic E-state index is 0.723. The molecule has 1 aromatic heterocycles. The zero-order valence-corrected chi connectivity index (χ0v) is 13.9. The number of rotatable bonds is 7. The Morgan fingerprint density at radius 1 is 1.08 bits per heavy atom. The summed E-state index contributed by atoms with van der Waals surface area (Å²) in [4.78, 5) is 11.5. The molecule has 2 aromatic carbocycles. The van der Waals surface area contributed by atoms with Crippen LogP contribution in [0.25, 0.3) is 11.0 Å². The molecule has 0 atom stereocenters. The molecule has 0 saturated heterocycles. The van der Waals surface area contributed by atoms with Crippen molar-refractivity contribution in [2.45, 2.75) is 13.1 Å². The summed E-state index contributed by atoms with van der Waals surface area (Å²) in [5.41, 5.74) is 4.00. The molecule has 4 heteroatoms. The minimum Gasteiger partial charge on any atom is -0.497 e. The van der Waals surface area contributed by atoms with Gasteiger partial charge in [-0.05, 0) is 29.8 Å². The first-order valence-corrected chi connectivity index (χ1v) is 7.95. The molecule has 3 aromatic rings. The van der Waals surface area contributed by atoms with Gasteiger partial charge in [-0.1, -0.05) is 30.3 Å². The first-order valence-electron chi connectivity index (χ1n) is 7.95. The average Bonchev–Trinajstić information content (AvgIpc) is 2.62. The van der Waals surface area contributed by atoms with Gasteiger partial charge in [0.2, 0.25) is 0 Å². The van der Waals surface area contributed by atoms with E-state index in [1.54, 1.807) is 7.11 Å². The number of ether oxygens (including phenoxy) is 1. The van der Waals surface area contributed by atoms with E-state index in [1.165, 1.54) is 5.56 Å². The lowest BCUT2D eigenvalue weighted by molar-refractivity contribution is 0.282. The third kappa shape index (κ3) is 3.97. The fourth-order valence-electron chi connectivity index (χ4n) is 2.70. The van der Waals surface area contributed by atoms with E-state index in [0.717, 1.165) is 42.1 Å². The molecule has 0 aliphatic rings. The fourth-order valence-corrected chi connectivity index (χ4v) is 2.70. The van der Waals surface area contributed by atoms with Gasteiger partial charge in [-0.25, -0.2) is 4.98 Å². The lowest BCUT2D eigenvalue weighted by Gasteiger charge is -2.20. The van der Waals surface area contributed by atoms with Crippen LogP contribution >= 0.6 is 0 Å². The van der Waals surface area contributed by atoms with Crippen molar-refractivity contribution < 1.29 is 4.74 Å². The van der Waals surface area contributed by atoms with Gasteiger partial charge >= 0.3 is 0 Å². The number of para-hydroxylation sites is 2. The van der Waals surface area contributed by atoms with Gasteiger partial charge in [0.25, 0.3) is 0 Å². The van der Waals surface area contributed by atoms with E-state index in [4.69, 9.17) is 9.72 Å². The summed E-state index contributed by atoms with van der Waals surface area (Å²) in [5, 5.41) is 0. The van der Waals surface area contributed by atoms with Crippen LogP contribution in [-0.4, -0.2) is 28.5 Å². The maximum Gasteiger partial charge on any atom is 0.119 e. The lowest BCUT2D eigenvalue weighted by Crippen LogP contribution is -2.23. The third-order valence-electron chi connectivity index (χ3n) is 3.81. The largest absolute Gasteiger partial charge is 0.497 e. The van der Waals surface area contributed by atoms with Crippen molar-refractivity contribution in [1.29, 1.82) is 0 Å². The normalized spacial score (nSPS) is 10.9. The topological polar surface area (TPSA) is 38.2 Å². The van der Waals surface area contributed by atoms with Crippen LogP contribution in [0.2, 0.25) is 0 Å². The SMILES string of the molecule is C=CCN(Cc1cccc(OC)c1)Cc1cnc2ccccc2n1. The Kier molecular flexibility index (Phi) is 5.18. The molecule has 24 heavy (non-hydrogen) atoms. The average molecular weight is 319 g/mol. The highest BCUT2D eigenvalue weighted by atomic mass is 16.5. The highest BCUT2D eigenvalue weighted by Crippen LogP contribution is 2.16. The predicted octanol–water partition coefficient (Wildman–Crippen LogP) is 3.83. The van der Waals surface area contributed by atoms with Crippen molar-refractivity contribution in [3.63, 3.8) is 0 Å². The van der Waals surface area contributed by atoms with Crippen molar-refractivity contribution in [3.05, 3.63) is 78.6 Å². The molecule has 1 heterocycles. The fraction of sp³-hybridized carbons (Fsp3) is 0.200. The summed E-state index contributed by atoms with van der Waals surface area (Å²) in [6, 6.07) is 16.1. The van der Waals surface area contributed by atoms with Gasteiger partial charge < -0.3 is 4.74 Å². The Balaban J connectivity index is 1.77. The summed E-state index contributed by atoms with van der Waals surface area (Å²) < 4.78 is 5.30. The van der Waals surface area contributed by atoms with Gasteiger partial charge in [0.05, 0.1) is 30.0 Å². The van der Waals surface area contributed by atoms with Crippen molar-refractivity contribution in [1.82, 2.24) is 14.9 Å². The molecule has 0 amide bonds. The monoisotopic (exact) mass is 319 g/mol. The molecule has 0 spiro atoms. The molecule has 0 bridgehead atoms. The predicted molar refractivity (Wildman–Crippen MR) is 96.8 cm³/mol. The van der Waals surface area contributed by atoms with Gasteiger partial charge in [-0.15, -0.1) is 6.58 Å². The first-order chi connectivity index (χ1) is 11.8. The molecule has 3 rings (SSSR count). The maximum atomic E-state index is 5.30. The van der Waals surface area contributed by atoms with Gasteiger partial charge in [-0.2, -0.15) is 0 Å². The highest BCUT2D eigenvalue weighted by molar-refractivity contribution is 5.73. The number of hydrogen-bond acceptors (Lipinski definition) is 4. The Morgan fingerprint density at radius 2 is 1.92 bits per heavy atom. The van der Waals surface area contributed by atoms with E-state index < -0.39 is 0 Å². The van der Waals surface area contributed by atoms with Crippen LogP contribution in [0.4, 0.5) is 0 Å². The summed E-state index contributed by atoms with van der Waals surface area (Å²) >= 11 is 0. The zero-order valence-electron chi connectivity index (χ0n) is 13.9. The van der Waals surface area contributed by atoms with Gasteiger partial charge in [0.1, 0.15) is 5.75 Å². The second-order valence-corrected chi connectivity index (χ2v) is 5.66. The molecule has 0 saturated carbocycles. The number of benzene rings is 2. The van der Waals surface area contributed by atoms with Crippen molar-refractivity contribution in [3.8, 4) is 5.75 Å². The Bertz CT molecular complexity index is 832. The first kappa shape index (κ1) is 16.1. The maximum absolute atomic E-state index is 5.30. The van der Waals surface area contributed by atoms with Crippen LogP contribution in [0.3, 0.4) is 0 Å². The van der Waals surface area contributed by atoms with E-state index in [0.29, 0.717) is 0 Å². The second kappa shape index (κ2) is 7.70. The standard InChI is InChI=1S/C20H21N3O/c1-3-11-23(14-16-7-6-8-18(12-16)24-2)15-17-13-21-19-9-4-5-10-20(19)22-17/h3-10,12-13H,1,11,14-15H2,2H3. The second-order valence-electron chi connectivity index (χ2n) is 5.66. The lowest BCUT2D eigenvalue weighted by atomic mass is 10.2. The summed E-state index contributed by atoms with van der Waals surface area (Å²) in [7, 11) is 1.69. The summed E-state index contributed by atoms with van der Waals surface area (Å²) in [6.45, 7) is 6.18. The number of aromatic nitrogens is 2. The Hall–Kier alpha value is -2.72. The van der Waals surface area contributed by atoms with E-state index in [2.05, 4.69) is 28.6 Å². The minimum atomic E-state index is 0.723. The molecule has 0 fully saturated rings. The van der Waals surface area contributed by atoms with E-state index in [9.17, 15) is 0 Å². The summed E-state index contributed by atoms with van der Waals surface area (Å²) in [5.74, 6) is 0.872. The molecule has 122 valence electrons. The Labute approximate surface area is 142 Å². The molecular weight excluding hydrogens is 298 g/mol. The van der Waals surface area contributed by atoms with Crippen LogP contribution in [0.15, 0.2) is 67.4 Å². The molecule has 0 radical (unpaired) electrons. The van der Waals surface area contributed by atoms with Crippen LogP contribution in [-0.2, 0) is 13.1 Å². The van der Waals surface area contributed by atoms with Crippen molar-refractivity contribution in [2.24, 2.45) is 0 Å². The van der Waals surface area contributed by atoms with Gasteiger partial charge in [0, 0.05) is 19.6 Å². The molecule has 0 aliphatic heterocycles. The van der Waals surface area contributed by atoms with Gasteiger partial charge in [0.15, 0.2) is 0 Å². The van der Waals surface area contributed by atoms with Gasteiger partial charge in [-0.3, -0.25) is 9.88 Å². The molecule has 0 unspecified atom stereocenters. The number of hydrogen-bond donors (Lipinski definition) is 0. The van der Waals surface area contributed by atoms with Crippen molar-refractivity contribution in [2.75, 3.05) is 13.7 Å². The van der Waals surface area contributed by atoms with Crippen LogP contribution in [0.1, 0.15) is 11.3 Å². The summed E-state index contributed by atoms with van der Waals surface area (Å²) in [6.07, 6.45) is 3.76. The number of nitrogens with zero attached hydrogens (tertiary/aromatic N) is 3. The van der Waals surface area contributed by atoms with E-state index in [-0.39, 0.29) is 0 Å².